The van der Waals surface area contributed by atoms with Crippen molar-refractivity contribution in [3.8, 4) is 0 Å². The number of rotatable bonds is 3. The summed E-state index contributed by atoms with van der Waals surface area (Å²) in [4.78, 5) is 16.3. The molecule has 4 nitrogen and oxygen atoms in total. The second-order valence-electron chi connectivity index (χ2n) is 6.86. The van der Waals surface area contributed by atoms with Crippen LogP contribution in [-0.2, 0) is 11.3 Å². The van der Waals surface area contributed by atoms with Gasteiger partial charge in [0.25, 0.3) is 0 Å². The molecule has 1 saturated heterocycles. The molecule has 1 amide bonds. The molecule has 4 heteroatoms. The molecule has 116 valence electrons. The highest BCUT2D eigenvalue weighted by molar-refractivity contribution is 5.67. The lowest BCUT2D eigenvalue weighted by molar-refractivity contribution is 0.0634. The van der Waals surface area contributed by atoms with Gasteiger partial charge < -0.3 is 9.64 Å². The van der Waals surface area contributed by atoms with Gasteiger partial charge in [-0.2, -0.15) is 0 Å². The number of amides is 1. The Kier molecular flexibility index (Phi) is 5.23. The van der Waals surface area contributed by atoms with E-state index in [1.165, 1.54) is 0 Å². The van der Waals surface area contributed by atoms with Gasteiger partial charge in [0.05, 0.1) is 0 Å². The molecule has 1 aromatic rings. The van der Waals surface area contributed by atoms with Crippen molar-refractivity contribution in [2.45, 2.75) is 27.4 Å². The summed E-state index contributed by atoms with van der Waals surface area (Å²) in [5, 5.41) is 0. The summed E-state index contributed by atoms with van der Waals surface area (Å²) in [5.74, 6) is 0. The predicted molar refractivity (Wildman–Crippen MR) is 84.1 cm³/mol. The molecule has 1 aliphatic rings. The molecule has 0 aromatic heterocycles. The van der Waals surface area contributed by atoms with Crippen molar-refractivity contribution in [1.82, 2.24) is 9.80 Å². The van der Waals surface area contributed by atoms with Crippen LogP contribution >= 0.6 is 0 Å². The molecular formula is C17H26N2O2. The standard InChI is InChI=1S/C17H26N2O2/c1-17(2,3)14-18-9-11-19(12-10-18)16(20)21-13-15-7-5-4-6-8-15/h4-8H,9-14H2,1-3H3. The fraction of sp³-hybridized carbons (Fsp3) is 0.588. The number of carbonyl (C=O) groups excluding carboxylic acids is 1. The highest BCUT2D eigenvalue weighted by Gasteiger charge is 2.24. The minimum atomic E-state index is -0.200. The zero-order valence-electron chi connectivity index (χ0n) is 13.3. The maximum Gasteiger partial charge on any atom is 0.410 e. The molecule has 1 heterocycles. The van der Waals surface area contributed by atoms with Gasteiger partial charge >= 0.3 is 6.09 Å². The minimum Gasteiger partial charge on any atom is -0.445 e. The van der Waals surface area contributed by atoms with E-state index < -0.39 is 0 Å². The Morgan fingerprint density at radius 2 is 1.71 bits per heavy atom. The molecule has 0 aliphatic carbocycles. The van der Waals surface area contributed by atoms with Gasteiger partial charge in [-0.1, -0.05) is 51.1 Å². The van der Waals surface area contributed by atoms with E-state index in [0.717, 1.165) is 38.3 Å². The largest absolute Gasteiger partial charge is 0.445 e. The van der Waals surface area contributed by atoms with Crippen LogP contribution < -0.4 is 0 Å². The average Bonchev–Trinajstić information content (AvgIpc) is 2.45. The van der Waals surface area contributed by atoms with Crippen molar-refractivity contribution in [2.24, 2.45) is 5.41 Å². The number of ether oxygens (including phenoxy) is 1. The first kappa shape index (κ1) is 15.8. The normalized spacial score (nSPS) is 16.8. The van der Waals surface area contributed by atoms with Gasteiger partial charge in [-0.25, -0.2) is 4.79 Å². The Hall–Kier alpha value is -1.55. The van der Waals surface area contributed by atoms with E-state index in [2.05, 4.69) is 25.7 Å². The molecule has 1 aromatic carbocycles. The second kappa shape index (κ2) is 6.94. The van der Waals surface area contributed by atoms with Gasteiger partial charge in [0.1, 0.15) is 6.61 Å². The van der Waals surface area contributed by atoms with Gasteiger partial charge in [-0.3, -0.25) is 4.90 Å². The van der Waals surface area contributed by atoms with Gasteiger partial charge in [0.2, 0.25) is 0 Å². The first-order valence-electron chi connectivity index (χ1n) is 7.62. The third-order valence-electron chi connectivity index (χ3n) is 3.53. The molecule has 0 atom stereocenters. The molecule has 0 saturated carbocycles. The average molecular weight is 290 g/mol. The van der Waals surface area contributed by atoms with E-state index in [4.69, 9.17) is 4.74 Å². The maximum atomic E-state index is 12.0. The molecule has 0 radical (unpaired) electrons. The number of piperazine rings is 1. The van der Waals surface area contributed by atoms with E-state index in [0.29, 0.717) is 12.0 Å². The summed E-state index contributed by atoms with van der Waals surface area (Å²) in [6, 6.07) is 9.80. The van der Waals surface area contributed by atoms with Crippen molar-refractivity contribution >= 4 is 6.09 Å². The molecule has 1 aliphatic heterocycles. The summed E-state index contributed by atoms with van der Waals surface area (Å²) in [6.07, 6.45) is -0.200. The van der Waals surface area contributed by atoms with E-state index in [1.54, 1.807) is 0 Å². The maximum absolute atomic E-state index is 12.0. The lowest BCUT2D eigenvalue weighted by atomic mass is 9.96. The molecule has 0 spiro atoms. The number of hydrogen-bond donors (Lipinski definition) is 0. The van der Waals surface area contributed by atoms with Crippen LogP contribution in [-0.4, -0.2) is 48.6 Å². The molecule has 0 N–H and O–H groups in total. The lowest BCUT2D eigenvalue weighted by Crippen LogP contribution is -2.50. The summed E-state index contributed by atoms with van der Waals surface area (Å²) in [5.41, 5.74) is 1.33. The first-order chi connectivity index (χ1) is 9.94. The van der Waals surface area contributed by atoms with Crippen molar-refractivity contribution in [2.75, 3.05) is 32.7 Å². The quantitative estimate of drug-likeness (QED) is 0.858. The van der Waals surface area contributed by atoms with Crippen LogP contribution in [0.25, 0.3) is 0 Å². The van der Waals surface area contributed by atoms with Crippen molar-refractivity contribution in [1.29, 1.82) is 0 Å². The number of carbonyl (C=O) groups is 1. The van der Waals surface area contributed by atoms with Crippen LogP contribution in [0, 0.1) is 5.41 Å². The number of nitrogens with zero attached hydrogens (tertiary/aromatic N) is 2. The number of hydrogen-bond acceptors (Lipinski definition) is 3. The third kappa shape index (κ3) is 5.38. The first-order valence-corrected chi connectivity index (χ1v) is 7.62. The van der Waals surface area contributed by atoms with Crippen LogP contribution in [0.3, 0.4) is 0 Å². The topological polar surface area (TPSA) is 32.8 Å². The van der Waals surface area contributed by atoms with Crippen LogP contribution in [0.1, 0.15) is 26.3 Å². The van der Waals surface area contributed by atoms with Crippen LogP contribution in [0.2, 0.25) is 0 Å². The Bertz CT molecular complexity index is 446. The monoisotopic (exact) mass is 290 g/mol. The van der Waals surface area contributed by atoms with Crippen LogP contribution in [0.15, 0.2) is 30.3 Å². The van der Waals surface area contributed by atoms with E-state index in [1.807, 2.05) is 35.2 Å². The van der Waals surface area contributed by atoms with Gasteiger partial charge in [-0.15, -0.1) is 0 Å². The Morgan fingerprint density at radius 1 is 1.10 bits per heavy atom. The zero-order valence-corrected chi connectivity index (χ0v) is 13.3. The highest BCUT2D eigenvalue weighted by atomic mass is 16.6. The van der Waals surface area contributed by atoms with Gasteiger partial charge in [0, 0.05) is 32.7 Å². The highest BCUT2D eigenvalue weighted by Crippen LogP contribution is 2.16. The summed E-state index contributed by atoms with van der Waals surface area (Å²) in [6.45, 7) is 11.5. The van der Waals surface area contributed by atoms with Crippen molar-refractivity contribution < 1.29 is 9.53 Å². The Morgan fingerprint density at radius 3 is 2.29 bits per heavy atom. The SMILES string of the molecule is CC(C)(C)CN1CCN(C(=O)OCc2ccccc2)CC1. The second-order valence-corrected chi connectivity index (χ2v) is 6.86. The fourth-order valence-electron chi connectivity index (χ4n) is 2.57. The summed E-state index contributed by atoms with van der Waals surface area (Å²) < 4.78 is 5.37. The van der Waals surface area contributed by atoms with Crippen LogP contribution in [0.4, 0.5) is 4.79 Å². The lowest BCUT2D eigenvalue weighted by Gasteiger charge is -2.37. The smallest absolute Gasteiger partial charge is 0.410 e. The number of benzene rings is 1. The molecular weight excluding hydrogens is 264 g/mol. The Labute approximate surface area is 127 Å². The summed E-state index contributed by atoms with van der Waals surface area (Å²) in [7, 11) is 0. The van der Waals surface area contributed by atoms with E-state index in [-0.39, 0.29) is 6.09 Å². The van der Waals surface area contributed by atoms with Gasteiger partial charge in [-0.05, 0) is 11.0 Å². The van der Waals surface area contributed by atoms with E-state index in [9.17, 15) is 4.79 Å². The predicted octanol–water partition coefficient (Wildman–Crippen LogP) is 2.99. The molecule has 0 unspecified atom stereocenters. The van der Waals surface area contributed by atoms with Gasteiger partial charge in [0.15, 0.2) is 0 Å². The minimum absolute atomic E-state index is 0.200. The van der Waals surface area contributed by atoms with E-state index >= 15 is 0 Å². The fourth-order valence-corrected chi connectivity index (χ4v) is 2.57. The molecule has 21 heavy (non-hydrogen) atoms. The van der Waals surface area contributed by atoms with Crippen molar-refractivity contribution in [3.05, 3.63) is 35.9 Å². The Balaban J connectivity index is 1.73. The summed E-state index contributed by atoms with van der Waals surface area (Å²) >= 11 is 0. The molecule has 2 rings (SSSR count). The van der Waals surface area contributed by atoms with Crippen LogP contribution in [0.5, 0.6) is 0 Å². The third-order valence-corrected chi connectivity index (χ3v) is 3.53. The van der Waals surface area contributed by atoms with Crippen molar-refractivity contribution in [3.63, 3.8) is 0 Å². The molecule has 1 fully saturated rings. The molecule has 0 bridgehead atoms. The zero-order chi connectivity index (χ0) is 15.3.